The molecule has 0 aliphatic carbocycles. The van der Waals surface area contributed by atoms with Crippen molar-refractivity contribution in [3.8, 4) is 0 Å². The van der Waals surface area contributed by atoms with Crippen LogP contribution in [0.1, 0.15) is 64.0 Å². The van der Waals surface area contributed by atoms with Gasteiger partial charge in [0.15, 0.2) is 0 Å². The number of aromatic nitrogens is 1. The Bertz CT molecular complexity index is 306. The van der Waals surface area contributed by atoms with E-state index in [4.69, 9.17) is 0 Å². The molecule has 1 aromatic heterocycles. The molecule has 1 aromatic rings. The molecule has 2 heteroatoms. The van der Waals surface area contributed by atoms with E-state index in [1.54, 1.807) is 6.20 Å². The van der Waals surface area contributed by atoms with Crippen LogP contribution in [0.3, 0.4) is 0 Å². The molecule has 0 bridgehead atoms. The van der Waals surface area contributed by atoms with Crippen LogP contribution in [0.2, 0.25) is 0 Å². The van der Waals surface area contributed by atoms with E-state index in [0.29, 0.717) is 0 Å². The van der Waals surface area contributed by atoms with Crippen molar-refractivity contribution in [2.45, 2.75) is 58.3 Å². The second-order valence-corrected chi connectivity index (χ2v) is 4.76. The van der Waals surface area contributed by atoms with Crippen LogP contribution in [-0.2, 0) is 0 Å². The van der Waals surface area contributed by atoms with E-state index >= 15 is 0 Å². The quantitative estimate of drug-likeness (QED) is 0.436. The van der Waals surface area contributed by atoms with Gasteiger partial charge in [-0.3, -0.25) is 9.98 Å². The Morgan fingerprint density at radius 1 is 1.00 bits per heavy atom. The van der Waals surface area contributed by atoms with Gasteiger partial charge >= 0.3 is 0 Å². The van der Waals surface area contributed by atoms with Crippen molar-refractivity contribution < 1.29 is 0 Å². The van der Waals surface area contributed by atoms with Gasteiger partial charge in [0.05, 0.1) is 5.69 Å². The Hall–Kier alpha value is -1.18. The molecule has 0 atom stereocenters. The number of rotatable bonds is 10. The van der Waals surface area contributed by atoms with Gasteiger partial charge in [-0.1, -0.05) is 57.9 Å². The van der Waals surface area contributed by atoms with Crippen molar-refractivity contribution in [1.82, 2.24) is 4.98 Å². The highest BCUT2D eigenvalue weighted by Crippen LogP contribution is 2.08. The Balaban J connectivity index is 1.91. The van der Waals surface area contributed by atoms with E-state index < -0.39 is 0 Å². The lowest BCUT2D eigenvalue weighted by Crippen LogP contribution is -1.88. The molecule has 0 aromatic carbocycles. The summed E-state index contributed by atoms with van der Waals surface area (Å²) in [7, 11) is 0. The molecule has 0 unspecified atom stereocenters. The van der Waals surface area contributed by atoms with E-state index in [2.05, 4.69) is 16.9 Å². The average Bonchev–Trinajstić information content (AvgIpc) is 2.42. The molecule has 0 aliphatic heterocycles. The molecule has 0 radical (unpaired) electrons. The zero-order chi connectivity index (χ0) is 12.9. The molecule has 100 valence electrons. The molecule has 0 N–H and O–H groups in total. The van der Waals surface area contributed by atoms with E-state index in [1.165, 1.54) is 51.4 Å². The van der Waals surface area contributed by atoms with Crippen molar-refractivity contribution >= 4 is 6.21 Å². The third-order valence-corrected chi connectivity index (χ3v) is 3.05. The number of unbranched alkanes of at least 4 members (excludes halogenated alkanes) is 7. The summed E-state index contributed by atoms with van der Waals surface area (Å²) < 4.78 is 0. The van der Waals surface area contributed by atoms with E-state index in [0.717, 1.165) is 12.2 Å². The highest BCUT2D eigenvalue weighted by molar-refractivity contribution is 5.76. The molecule has 0 amide bonds. The minimum absolute atomic E-state index is 0.936. The van der Waals surface area contributed by atoms with Gasteiger partial charge in [-0.15, -0.1) is 0 Å². The standard InChI is InChI=1S/C16H26N2/c1-2-3-4-5-6-7-8-10-13-17-15-16-12-9-11-14-18-16/h9,11-12,14-15H,2-8,10,13H2,1H3. The maximum atomic E-state index is 4.40. The molecule has 0 saturated carbocycles. The SMILES string of the molecule is CCCCCCCCCCN=Cc1ccccn1. The van der Waals surface area contributed by atoms with Crippen molar-refractivity contribution in [3.05, 3.63) is 30.1 Å². The molecule has 18 heavy (non-hydrogen) atoms. The van der Waals surface area contributed by atoms with Crippen LogP contribution in [-0.4, -0.2) is 17.7 Å². The van der Waals surface area contributed by atoms with Gasteiger partial charge < -0.3 is 0 Å². The summed E-state index contributed by atoms with van der Waals surface area (Å²) in [6.07, 6.45) is 14.5. The van der Waals surface area contributed by atoms with Gasteiger partial charge in [0.1, 0.15) is 0 Å². The summed E-state index contributed by atoms with van der Waals surface area (Å²) in [6.45, 7) is 3.20. The van der Waals surface area contributed by atoms with Gasteiger partial charge in [0.2, 0.25) is 0 Å². The summed E-state index contributed by atoms with van der Waals surface area (Å²) in [4.78, 5) is 8.61. The fraction of sp³-hybridized carbons (Fsp3) is 0.625. The second-order valence-electron chi connectivity index (χ2n) is 4.76. The van der Waals surface area contributed by atoms with Crippen molar-refractivity contribution in [3.63, 3.8) is 0 Å². The van der Waals surface area contributed by atoms with Crippen LogP contribution >= 0.6 is 0 Å². The maximum absolute atomic E-state index is 4.40. The van der Waals surface area contributed by atoms with Gasteiger partial charge in [-0.25, -0.2) is 0 Å². The minimum Gasteiger partial charge on any atom is -0.291 e. The maximum Gasteiger partial charge on any atom is 0.0807 e. The number of hydrogen-bond donors (Lipinski definition) is 0. The number of pyridine rings is 1. The monoisotopic (exact) mass is 246 g/mol. The first kappa shape index (κ1) is 14.9. The lowest BCUT2D eigenvalue weighted by molar-refractivity contribution is 0.578. The topological polar surface area (TPSA) is 25.2 Å². The molecule has 1 heterocycles. The van der Waals surface area contributed by atoms with Crippen LogP contribution in [0, 0.1) is 0 Å². The smallest absolute Gasteiger partial charge is 0.0807 e. The van der Waals surface area contributed by atoms with Gasteiger partial charge in [-0.2, -0.15) is 0 Å². The molecule has 1 rings (SSSR count). The molecular formula is C16H26N2. The number of nitrogens with zero attached hydrogens (tertiary/aromatic N) is 2. The van der Waals surface area contributed by atoms with E-state index in [1.807, 2.05) is 24.4 Å². The Kier molecular flexibility index (Phi) is 9.04. The molecule has 0 spiro atoms. The van der Waals surface area contributed by atoms with Crippen molar-refractivity contribution in [1.29, 1.82) is 0 Å². The first-order valence-electron chi connectivity index (χ1n) is 7.34. The fourth-order valence-electron chi connectivity index (χ4n) is 1.95. The molecule has 0 fully saturated rings. The summed E-state index contributed by atoms with van der Waals surface area (Å²) in [6, 6.07) is 5.90. The van der Waals surface area contributed by atoms with Gasteiger partial charge in [0, 0.05) is 19.0 Å². The summed E-state index contributed by atoms with van der Waals surface area (Å²) in [5.74, 6) is 0. The highest BCUT2D eigenvalue weighted by Gasteiger charge is 1.91. The minimum atomic E-state index is 0.936. The van der Waals surface area contributed by atoms with E-state index in [9.17, 15) is 0 Å². The molecule has 0 aliphatic rings. The normalized spacial score (nSPS) is 11.2. The summed E-state index contributed by atoms with van der Waals surface area (Å²) in [5.41, 5.74) is 0.956. The number of aliphatic imine (C=N–C) groups is 1. The Morgan fingerprint density at radius 3 is 2.39 bits per heavy atom. The fourth-order valence-corrected chi connectivity index (χ4v) is 1.95. The zero-order valence-electron chi connectivity index (χ0n) is 11.6. The van der Waals surface area contributed by atoms with Crippen LogP contribution < -0.4 is 0 Å². The molecule has 0 saturated heterocycles. The average molecular weight is 246 g/mol. The van der Waals surface area contributed by atoms with Crippen LogP contribution in [0.25, 0.3) is 0 Å². The Morgan fingerprint density at radius 2 is 1.72 bits per heavy atom. The predicted octanol–water partition coefficient (Wildman–Crippen LogP) is 4.64. The summed E-state index contributed by atoms with van der Waals surface area (Å²) in [5, 5.41) is 0. The predicted molar refractivity (Wildman–Crippen MR) is 79.3 cm³/mol. The van der Waals surface area contributed by atoms with Gasteiger partial charge in [-0.05, 0) is 18.6 Å². The third kappa shape index (κ3) is 7.99. The van der Waals surface area contributed by atoms with Crippen molar-refractivity contribution in [2.24, 2.45) is 4.99 Å². The Labute approximate surface area is 112 Å². The first-order chi connectivity index (χ1) is 8.93. The number of hydrogen-bond acceptors (Lipinski definition) is 2. The lowest BCUT2D eigenvalue weighted by atomic mass is 10.1. The first-order valence-corrected chi connectivity index (χ1v) is 7.34. The molecule has 2 nitrogen and oxygen atoms in total. The zero-order valence-corrected chi connectivity index (χ0v) is 11.6. The highest BCUT2D eigenvalue weighted by atomic mass is 14.7. The molecular weight excluding hydrogens is 220 g/mol. The second kappa shape index (κ2) is 10.9. The third-order valence-electron chi connectivity index (χ3n) is 3.05. The largest absolute Gasteiger partial charge is 0.291 e. The lowest BCUT2D eigenvalue weighted by Gasteiger charge is -1.99. The van der Waals surface area contributed by atoms with Gasteiger partial charge in [0.25, 0.3) is 0 Å². The van der Waals surface area contributed by atoms with E-state index in [-0.39, 0.29) is 0 Å². The van der Waals surface area contributed by atoms with Crippen LogP contribution in [0.5, 0.6) is 0 Å². The summed E-state index contributed by atoms with van der Waals surface area (Å²) >= 11 is 0. The van der Waals surface area contributed by atoms with Crippen LogP contribution in [0.15, 0.2) is 29.4 Å². The van der Waals surface area contributed by atoms with Crippen LogP contribution in [0.4, 0.5) is 0 Å². The van der Waals surface area contributed by atoms with Crippen molar-refractivity contribution in [2.75, 3.05) is 6.54 Å².